The number of nitrogens with one attached hydrogen (secondary N) is 1. The smallest absolute Gasteiger partial charge is 0.0992 e. The van der Waals surface area contributed by atoms with E-state index in [2.05, 4.69) is 31.3 Å². The van der Waals surface area contributed by atoms with Gasteiger partial charge in [-0.05, 0) is 118 Å². The number of nitrogens with zero attached hydrogens (tertiary/aromatic N) is 1. The maximum Gasteiger partial charge on any atom is 0.0992 e. The third-order valence-corrected chi connectivity index (χ3v) is 9.81. The Morgan fingerprint density at radius 1 is 1.00 bits per heavy atom. The van der Waals surface area contributed by atoms with Gasteiger partial charge in [0.15, 0.2) is 0 Å². The molecule has 1 aromatic carbocycles. The minimum atomic E-state index is -0.422. The summed E-state index contributed by atoms with van der Waals surface area (Å²) < 4.78 is 0. The van der Waals surface area contributed by atoms with Crippen LogP contribution in [-0.4, -0.2) is 16.7 Å². The maximum atomic E-state index is 10.6. The molecule has 30 heavy (non-hydrogen) atoms. The van der Waals surface area contributed by atoms with E-state index in [1.54, 1.807) is 0 Å². The first-order valence-electron chi connectivity index (χ1n) is 12.4. The third-order valence-electron chi connectivity index (χ3n) is 9.81. The van der Waals surface area contributed by atoms with E-state index in [0.717, 1.165) is 53.7 Å². The zero-order valence-electron chi connectivity index (χ0n) is 18.7. The summed E-state index contributed by atoms with van der Waals surface area (Å²) in [5.41, 5.74) is 1.79. The van der Waals surface area contributed by atoms with Crippen molar-refractivity contribution in [1.82, 2.24) is 0 Å². The van der Waals surface area contributed by atoms with E-state index < -0.39 is 5.60 Å². The Bertz CT molecular complexity index is 826. The van der Waals surface area contributed by atoms with Crippen LogP contribution in [0.2, 0.25) is 0 Å². The highest BCUT2D eigenvalue weighted by atomic mass is 16.3. The molecule has 1 aromatic rings. The average molecular weight is 407 g/mol. The molecule has 8 atom stereocenters. The van der Waals surface area contributed by atoms with Crippen LogP contribution in [0, 0.1) is 46.3 Å². The molecule has 2 N–H and O–H groups in total. The van der Waals surface area contributed by atoms with Gasteiger partial charge in [-0.2, -0.15) is 5.26 Å². The van der Waals surface area contributed by atoms with Gasteiger partial charge in [0.25, 0.3) is 0 Å². The SMILES string of the molecule is C[C@@]1(O)CC[C@H]2[C@H](CC[C@@H]3[C@@H]2CC[C@]2(C)[C@@H](Nc4cccc(C#N)c4)CCC[C@@H]32)C1. The zero-order chi connectivity index (χ0) is 20.9. The first kappa shape index (κ1) is 20.4. The van der Waals surface area contributed by atoms with Crippen molar-refractivity contribution in [2.24, 2.45) is 35.0 Å². The lowest BCUT2D eigenvalue weighted by Crippen LogP contribution is -2.56. The largest absolute Gasteiger partial charge is 0.390 e. The minimum Gasteiger partial charge on any atom is -0.390 e. The van der Waals surface area contributed by atoms with Gasteiger partial charge >= 0.3 is 0 Å². The molecule has 0 unspecified atom stereocenters. The van der Waals surface area contributed by atoms with E-state index in [-0.39, 0.29) is 0 Å². The fraction of sp³-hybridized carbons (Fsp3) is 0.741. The van der Waals surface area contributed by atoms with Gasteiger partial charge < -0.3 is 10.4 Å². The molecule has 0 aromatic heterocycles. The van der Waals surface area contributed by atoms with Crippen LogP contribution in [0.15, 0.2) is 24.3 Å². The lowest BCUT2D eigenvalue weighted by Gasteiger charge is -2.61. The van der Waals surface area contributed by atoms with E-state index in [1.165, 1.54) is 51.4 Å². The summed E-state index contributed by atoms with van der Waals surface area (Å²) in [7, 11) is 0. The van der Waals surface area contributed by atoms with Crippen molar-refractivity contribution in [1.29, 1.82) is 5.26 Å². The number of rotatable bonds is 2. The van der Waals surface area contributed by atoms with Gasteiger partial charge in [0, 0.05) is 11.7 Å². The maximum absolute atomic E-state index is 10.6. The topological polar surface area (TPSA) is 56.0 Å². The van der Waals surface area contributed by atoms with Crippen LogP contribution in [-0.2, 0) is 0 Å². The minimum absolute atomic E-state index is 0.356. The lowest BCUT2D eigenvalue weighted by molar-refractivity contribution is -0.113. The summed E-state index contributed by atoms with van der Waals surface area (Å²) in [6.45, 7) is 4.63. The molecular formula is C27H38N2O. The molecule has 0 heterocycles. The van der Waals surface area contributed by atoms with Gasteiger partial charge in [0.1, 0.15) is 0 Å². The van der Waals surface area contributed by atoms with Crippen LogP contribution in [0.25, 0.3) is 0 Å². The number of fused-ring (bicyclic) bond motifs is 5. The fourth-order valence-corrected chi connectivity index (χ4v) is 8.39. The number of benzene rings is 1. The predicted octanol–water partition coefficient (Wildman–Crippen LogP) is 6.13. The molecule has 0 aliphatic heterocycles. The second-order valence-corrected chi connectivity index (χ2v) is 11.5. The summed E-state index contributed by atoms with van der Waals surface area (Å²) in [5, 5.41) is 23.8. The zero-order valence-corrected chi connectivity index (χ0v) is 18.7. The molecule has 5 rings (SSSR count). The summed E-state index contributed by atoms with van der Waals surface area (Å²) >= 11 is 0. The van der Waals surface area contributed by atoms with Crippen molar-refractivity contribution in [3.05, 3.63) is 29.8 Å². The van der Waals surface area contributed by atoms with Gasteiger partial charge in [0.2, 0.25) is 0 Å². The molecular weight excluding hydrogens is 368 g/mol. The standard InChI is InChI=1S/C27H38N2O/c1-26(30)13-11-21-19(16-26)9-10-23-22(21)12-14-27(2)24(23)7-4-8-25(27)29-20-6-3-5-18(15-20)17-28/h3,5-6,15,19,21-25,29-30H,4,7-14,16H2,1-2H3/t19-,21+,22-,23-,24+,25+,26-,27+/m1/s1. The molecule has 0 saturated heterocycles. The first-order chi connectivity index (χ1) is 14.4. The molecule has 4 aliphatic carbocycles. The summed E-state index contributed by atoms with van der Waals surface area (Å²) in [4.78, 5) is 0. The van der Waals surface area contributed by atoms with E-state index in [9.17, 15) is 10.4 Å². The lowest BCUT2D eigenvalue weighted by atomic mass is 9.46. The number of aliphatic hydroxyl groups is 1. The van der Waals surface area contributed by atoms with E-state index in [4.69, 9.17) is 0 Å². The molecule has 0 amide bonds. The van der Waals surface area contributed by atoms with Crippen molar-refractivity contribution >= 4 is 5.69 Å². The summed E-state index contributed by atoms with van der Waals surface area (Å²) in [5.74, 6) is 4.20. The number of hydrogen-bond donors (Lipinski definition) is 2. The number of hydrogen-bond acceptors (Lipinski definition) is 3. The Balaban J connectivity index is 1.35. The van der Waals surface area contributed by atoms with Crippen LogP contribution in [0.5, 0.6) is 0 Å². The van der Waals surface area contributed by atoms with Crippen molar-refractivity contribution in [2.75, 3.05) is 5.32 Å². The molecule has 3 heteroatoms. The van der Waals surface area contributed by atoms with Crippen LogP contribution in [0.3, 0.4) is 0 Å². The second kappa shape index (κ2) is 7.56. The van der Waals surface area contributed by atoms with Crippen molar-refractivity contribution in [3.63, 3.8) is 0 Å². The Labute approximate surface area is 182 Å². The molecule has 4 fully saturated rings. The van der Waals surface area contributed by atoms with E-state index in [0.29, 0.717) is 11.5 Å². The van der Waals surface area contributed by atoms with Crippen molar-refractivity contribution in [2.45, 2.75) is 89.7 Å². The molecule has 162 valence electrons. The van der Waals surface area contributed by atoms with Gasteiger partial charge in [-0.15, -0.1) is 0 Å². The second-order valence-electron chi connectivity index (χ2n) is 11.5. The number of anilines is 1. The van der Waals surface area contributed by atoms with Gasteiger partial charge in [0.05, 0.1) is 17.2 Å². The highest BCUT2D eigenvalue weighted by molar-refractivity contribution is 5.50. The fourth-order valence-electron chi connectivity index (χ4n) is 8.39. The predicted molar refractivity (Wildman–Crippen MR) is 121 cm³/mol. The highest BCUT2D eigenvalue weighted by Gasteiger charge is 2.56. The average Bonchev–Trinajstić information content (AvgIpc) is 2.73. The van der Waals surface area contributed by atoms with E-state index >= 15 is 0 Å². The van der Waals surface area contributed by atoms with Gasteiger partial charge in [-0.1, -0.05) is 19.4 Å². The Morgan fingerprint density at radius 3 is 2.67 bits per heavy atom. The highest BCUT2D eigenvalue weighted by Crippen LogP contribution is 2.62. The Morgan fingerprint density at radius 2 is 1.83 bits per heavy atom. The third kappa shape index (κ3) is 3.46. The van der Waals surface area contributed by atoms with Crippen LogP contribution in [0.1, 0.15) is 83.6 Å². The molecule has 0 spiro atoms. The normalized spacial score (nSPS) is 45.4. The molecule has 4 saturated carbocycles. The van der Waals surface area contributed by atoms with Crippen molar-refractivity contribution < 1.29 is 5.11 Å². The van der Waals surface area contributed by atoms with E-state index in [1.807, 2.05) is 18.2 Å². The van der Waals surface area contributed by atoms with Crippen LogP contribution >= 0.6 is 0 Å². The molecule has 0 bridgehead atoms. The summed E-state index contributed by atoms with van der Waals surface area (Å²) in [6, 6.07) is 10.8. The molecule has 4 aliphatic rings. The van der Waals surface area contributed by atoms with Crippen molar-refractivity contribution in [3.8, 4) is 6.07 Å². The monoisotopic (exact) mass is 406 g/mol. The Kier molecular flexibility index (Phi) is 5.13. The first-order valence-corrected chi connectivity index (χ1v) is 12.4. The molecule has 0 radical (unpaired) electrons. The van der Waals surface area contributed by atoms with Gasteiger partial charge in [-0.3, -0.25) is 0 Å². The van der Waals surface area contributed by atoms with Crippen LogP contribution in [0.4, 0.5) is 5.69 Å². The van der Waals surface area contributed by atoms with Crippen LogP contribution < -0.4 is 5.32 Å². The van der Waals surface area contributed by atoms with Gasteiger partial charge in [-0.25, -0.2) is 0 Å². The number of nitriles is 1. The summed E-state index contributed by atoms with van der Waals surface area (Å²) in [6.07, 6.45) is 12.6. The molecule has 3 nitrogen and oxygen atoms in total. The quantitative estimate of drug-likeness (QED) is 0.621. The Hall–Kier alpha value is -1.53.